The normalized spacial score (nSPS) is 15.9. The van der Waals surface area contributed by atoms with Gasteiger partial charge in [-0.15, -0.1) is 24.8 Å². The summed E-state index contributed by atoms with van der Waals surface area (Å²) in [7, 11) is 0. The van der Waals surface area contributed by atoms with Crippen LogP contribution in [0.4, 0.5) is 0 Å². The maximum absolute atomic E-state index is 12.4. The molecule has 1 saturated heterocycles. The molecule has 2 atom stereocenters. The smallest absolute Gasteiger partial charge is 0.237 e. The molecular weight excluding hydrogens is 381 g/mol. The van der Waals surface area contributed by atoms with E-state index >= 15 is 0 Å². The van der Waals surface area contributed by atoms with Gasteiger partial charge in [-0.2, -0.15) is 0 Å². The van der Waals surface area contributed by atoms with Crippen LogP contribution in [0.5, 0.6) is 0 Å². The highest BCUT2D eigenvalue weighted by molar-refractivity contribution is 5.85. The topological polar surface area (TPSA) is 58.4 Å². The Labute approximate surface area is 174 Å². The first-order valence-electron chi connectivity index (χ1n) is 9.10. The van der Waals surface area contributed by atoms with Gasteiger partial charge in [0.2, 0.25) is 5.91 Å². The average molecular weight is 410 g/mol. The van der Waals surface area contributed by atoms with Crippen LogP contribution in [-0.4, -0.2) is 36.5 Å². The van der Waals surface area contributed by atoms with Crippen molar-refractivity contribution >= 4 is 30.7 Å². The molecule has 2 aromatic carbocycles. The highest BCUT2D eigenvalue weighted by Crippen LogP contribution is 2.24. The summed E-state index contributed by atoms with van der Waals surface area (Å²) < 4.78 is 0. The van der Waals surface area contributed by atoms with Gasteiger partial charge in [0, 0.05) is 6.54 Å². The number of rotatable bonds is 7. The number of carbonyl (C=O) groups excluding carboxylic acids is 1. The number of nitrogens with zero attached hydrogens (tertiary/aromatic N) is 1. The molecule has 148 valence electrons. The Hall–Kier alpha value is -1.59. The van der Waals surface area contributed by atoms with E-state index in [1.807, 2.05) is 36.4 Å². The van der Waals surface area contributed by atoms with Gasteiger partial charge in [0.15, 0.2) is 0 Å². The van der Waals surface area contributed by atoms with Crippen molar-refractivity contribution in [2.24, 2.45) is 5.73 Å². The molecule has 0 aromatic heterocycles. The van der Waals surface area contributed by atoms with E-state index in [9.17, 15) is 4.79 Å². The maximum Gasteiger partial charge on any atom is 0.237 e. The van der Waals surface area contributed by atoms with Gasteiger partial charge in [-0.3, -0.25) is 9.69 Å². The van der Waals surface area contributed by atoms with Crippen molar-refractivity contribution < 1.29 is 4.79 Å². The van der Waals surface area contributed by atoms with E-state index < -0.39 is 6.04 Å². The molecule has 0 radical (unpaired) electrons. The van der Waals surface area contributed by atoms with Crippen LogP contribution < -0.4 is 11.1 Å². The van der Waals surface area contributed by atoms with Gasteiger partial charge in [-0.25, -0.2) is 0 Å². The van der Waals surface area contributed by atoms with Crippen LogP contribution in [0.15, 0.2) is 60.7 Å². The van der Waals surface area contributed by atoms with Crippen molar-refractivity contribution in [3.8, 4) is 0 Å². The van der Waals surface area contributed by atoms with Gasteiger partial charge in [-0.05, 0) is 43.5 Å². The summed E-state index contributed by atoms with van der Waals surface area (Å²) in [5, 5.41) is 3.07. The Balaban J connectivity index is 0.00000182. The molecule has 0 aliphatic carbocycles. The van der Waals surface area contributed by atoms with Crippen LogP contribution >= 0.6 is 24.8 Å². The number of carbonyl (C=O) groups is 1. The molecular formula is C21H29Cl2N3O. The van der Waals surface area contributed by atoms with Crippen LogP contribution in [0.25, 0.3) is 0 Å². The Morgan fingerprint density at radius 1 is 0.963 bits per heavy atom. The van der Waals surface area contributed by atoms with Gasteiger partial charge in [0.25, 0.3) is 0 Å². The van der Waals surface area contributed by atoms with E-state index in [-0.39, 0.29) is 36.8 Å². The van der Waals surface area contributed by atoms with Gasteiger partial charge >= 0.3 is 0 Å². The molecule has 0 bridgehead atoms. The third-order valence-corrected chi connectivity index (χ3v) is 4.87. The predicted octanol–water partition coefficient (Wildman–Crippen LogP) is 3.35. The lowest BCUT2D eigenvalue weighted by Gasteiger charge is -2.28. The molecule has 1 heterocycles. The molecule has 2 aromatic rings. The zero-order valence-electron chi connectivity index (χ0n) is 15.4. The number of halogens is 2. The standard InChI is InChI=1S/C21H27N3O.2ClH/c22-19(15-17-9-3-1-4-10-17)21(25)23-16-20(24-13-7-8-14-24)18-11-5-2-6-12-18;;/h1-6,9-12,19-20H,7-8,13-16,22H2,(H,23,25);2*1H. The summed E-state index contributed by atoms with van der Waals surface area (Å²) in [5.41, 5.74) is 8.44. The first-order chi connectivity index (χ1) is 12.2. The molecule has 1 fully saturated rings. The summed E-state index contributed by atoms with van der Waals surface area (Å²) in [5.74, 6) is -0.0796. The average Bonchev–Trinajstić information content (AvgIpc) is 3.18. The Morgan fingerprint density at radius 3 is 2.11 bits per heavy atom. The molecule has 6 heteroatoms. The number of benzene rings is 2. The fraction of sp³-hybridized carbons (Fsp3) is 0.381. The summed E-state index contributed by atoms with van der Waals surface area (Å²) in [4.78, 5) is 14.9. The lowest BCUT2D eigenvalue weighted by Crippen LogP contribution is -2.45. The van der Waals surface area contributed by atoms with Gasteiger partial charge in [0.05, 0.1) is 12.1 Å². The number of hydrogen-bond donors (Lipinski definition) is 2. The minimum absolute atomic E-state index is 0. The largest absolute Gasteiger partial charge is 0.353 e. The number of nitrogens with two attached hydrogens (primary N) is 1. The lowest BCUT2D eigenvalue weighted by molar-refractivity contribution is -0.122. The van der Waals surface area contributed by atoms with Crippen molar-refractivity contribution in [3.63, 3.8) is 0 Å². The van der Waals surface area contributed by atoms with Crippen molar-refractivity contribution in [2.75, 3.05) is 19.6 Å². The second kappa shape index (κ2) is 12.0. The maximum atomic E-state index is 12.4. The molecule has 0 spiro atoms. The Kier molecular flexibility index (Phi) is 10.4. The Bertz CT molecular complexity index is 664. The van der Waals surface area contributed by atoms with Crippen molar-refractivity contribution in [3.05, 3.63) is 71.8 Å². The number of likely N-dealkylation sites (tertiary alicyclic amines) is 1. The number of nitrogens with one attached hydrogen (secondary N) is 1. The van der Waals surface area contributed by atoms with Crippen LogP contribution in [0.3, 0.4) is 0 Å². The van der Waals surface area contributed by atoms with Crippen molar-refractivity contribution in [2.45, 2.75) is 31.3 Å². The highest BCUT2D eigenvalue weighted by atomic mass is 35.5. The SMILES string of the molecule is Cl.Cl.NC(Cc1ccccc1)C(=O)NCC(c1ccccc1)N1CCCC1. The zero-order chi connectivity index (χ0) is 17.5. The molecule has 27 heavy (non-hydrogen) atoms. The Morgan fingerprint density at radius 2 is 1.52 bits per heavy atom. The van der Waals surface area contributed by atoms with Crippen LogP contribution in [-0.2, 0) is 11.2 Å². The zero-order valence-corrected chi connectivity index (χ0v) is 17.1. The number of amides is 1. The third-order valence-electron chi connectivity index (χ3n) is 4.87. The first-order valence-corrected chi connectivity index (χ1v) is 9.10. The lowest BCUT2D eigenvalue weighted by atomic mass is 10.0. The second-order valence-corrected chi connectivity index (χ2v) is 6.71. The molecule has 3 N–H and O–H groups in total. The van der Waals surface area contributed by atoms with Crippen molar-refractivity contribution in [1.29, 1.82) is 0 Å². The van der Waals surface area contributed by atoms with E-state index in [1.165, 1.54) is 18.4 Å². The van der Waals surface area contributed by atoms with Gasteiger partial charge < -0.3 is 11.1 Å². The van der Waals surface area contributed by atoms with Gasteiger partial charge in [0.1, 0.15) is 0 Å². The summed E-state index contributed by atoms with van der Waals surface area (Å²) >= 11 is 0. The van der Waals surface area contributed by atoms with E-state index in [2.05, 4.69) is 34.5 Å². The van der Waals surface area contributed by atoms with Gasteiger partial charge in [-0.1, -0.05) is 60.7 Å². The van der Waals surface area contributed by atoms with E-state index in [4.69, 9.17) is 5.73 Å². The fourth-order valence-corrected chi connectivity index (χ4v) is 3.48. The first kappa shape index (κ1) is 23.4. The molecule has 3 rings (SSSR count). The van der Waals surface area contributed by atoms with E-state index in [0.717, 1.165) is 18.7 Å². The summed E-state index contributed by atoms with van der Waals surface area (Å²) in [6.45, 7) is 2.78. The number of hydrogen-bond acceptors (Lipinski definition) is 3. The summed E-state index contributed by atoms with van der Waals surface area (Å²) in [6.07, 6.45) is 3.02. The predicted molar refractivity (Wildman–Crippen MR) is 116 cm³/mol. The molecule has 2 unspecified atom stereocenters. The minimum atomic E-state index is -0.516. The molecule has 1 amide bonds. The van der Waals surface area contributed by atoms with Crippen LogP contribution in [0, 0.1) is 0 Å². The molecule has 4 nitrogen and oxygen atoms in total. The summed E-state index contributed by atoms with van der Waals surface area (Å²) in [6, 6.07) is 20.0. The monoisotopic (exact) mass is 409 g/mol. The molecule has 1 aliphatic rings. The van der Waals surface area contributed by atoms with Crippen molar-refractivity contribution in [1.82, 2.24) is 10.2 Å². The molecule has 1 aliphatic heterocycles. The van der Waals surface area contributed by atoms with E-state index in [0.29, 0.717) is 13.0 Å². The third kappa shape index (κ3) is 6.82. The quantitative estimate of drug-likeness (QED) is 0.736. The fourth-order valence-electron chi connectivity index (χ4n) is 3.48. The van der Waals surface area contributed by atoms with E-state index in [1.54, 1.807) is 0 Å². The second-order valence-electron chi connectivity index (χ2n) is 6.71. The minimum Gasteiger partial charge on any atom is -0.353 e. The van der Waals surface area contributed by atoms with Crippen LogP contribution in [0.1, 0.15) is 30.0 Å². The molecule has 0 saturated carbocycles. The highest BCUT2D eigenvalue weighted by Gasteiger charge is 2.24. The van der Waals surface area contributed by atoms with Crippen LogP contribution in [0.2, 0.25) is 0 Å².